The number of nitrogens with zero attached hydrogens (tertiary/aromatic N) is 1. The van der Waals surface area contributed by atoms with E-state index in [1.54, 1.807) is 11.3 Å². The summed E-state index contributed by atoms with van der Waals surface area (Å²) in [6.45, 7) is 5.98. The van der Waals surface area contributed by atoms with Gasteiger partial charge in [0.25, 0.3) is 0 Å². The van der Waals surface area contributed by atoms with Gasteiger partial charge in [-0.25, -0.2) is 18.1 Å². The molecule has 1 aromatic carbocycles. The fourth-order valence-corrected chi connectivity index (χ4v) is 4.05. The normalized spacial score (nSPS) is 12.8. The Balaban J connectivity index is 2.18. The van der Waals surface area contributed by atoms with Crippen LogP contribution in [0.3, 0.4) is 0 Å². The summed E-state index contributed by atoms with van der Waals surface area (Å²) in [4.78, 5) is 4.43. The van der Waals surface area contributed by atoms with E-state index in [0.717, 1.165) is 27.2 Å². The first-order valence-corrected chi connectivity index (χ1v) is 9.16. The monoisotopic (exact) mass is 328 g/mol. The Morgan fingerprint density at radius 1 is 1.38 bits per heavy atom. The Morgan fingerprint density at radius 2 is 2.05 bits per heavy atom. The molecule has 0 atom stereocenters. The van der Waals surface area contributed by atoms with Crippen LogP contribution in [0.1, 0.15) is 18.9 Å². The molecule has 8 heteroatoms. The molecule has 0 unspecified atom stereocenters. The molecule has 0 fully saturated rings. The van der Waals surface area contributed by atoms with Crippen LogP contribution >= 0.6 is 11.3 Å². The second kappa shape index (κ2) is 5.43. The van der Waals surface area contributed by atoms with Crippen molar-refractivity contribution in [2.24, 2.45) is 0 Å². The summed E-state index contributed by atoms with van der Waals surface area (Å²) in [5.74, 6) is 0. The highest BCUT2D eigenvalue weighted by Gasteiger charge is 2.22. The third-order valence-corrected chi connectivity index (χ3v) is 4.71. The lowest BCUT2D eigenvalue weighted by Gasteiger charge is -2.26. The van der Waals surface area contributed by atoms with E-state index < -0.39 is 15.6 Å². The van der Waals surface area contributed by atoms with Crippen LogP contribution in [0.5, 0.6) is 0 Å². The second-order valence-electron chi connectivity index (χ2n) is 5.75. The van der Waals surface area contributed by atoms with Gasteiger partial charge in [0.1, 0.15) is 0 Å². The van der Waals surface area contributed by atoms with E-state index in [0.29, 0.717) is 12.2 Å². The zero-order chi connectivity index (χ0) is 15.8. The molecule has 1 heterocycles. The van der Waals surface area contributed by atoms with Gasteiger partial charge in [-0.1, -0.05) is 0 Å². The van der Waals surface area contributed by atoms with Gasteiger partial charge in [-0.15, -0.1) is 11.3 Å². The van der Waals surface area contributed by atoms with Crippen LogP contribution in [-0.2, 0) is 10.0 Å². The molecule has 1 aromatic heterocycles. The van der Waals surface area contributed by atoms with Crippen LogP contribution < -0.4 is 15.8 Å². The number of fused-ring (bicyclic) bond motifs is 1. The minimum atomic E-state index is -3.26. The van der Waals surface area contributed by atoms with Crippen LogP contribution in [0.25, 0.3) is 10.2 Å². The number of anilines is 2. The van der Waals surface area contributed by atoms with E-state index >= 15 is 0 Å². The number of aryl methyl sites for hydroxylation is 1. The number of rotatable bonds is 5. The fraction of sp³-hybridized carbons (Fsp3) is 0.462. The first-order chi connectivity index (χ1) is 9.56. The van der Waals surface area contributed by atoms with E-state index in [9.17, 15) is 8.42 Å². The van der Waals surface area contributed by atoms with Crippen molar-refractivity contribution in [1.29, 1.82) is 0 Å². The van der Waals surface area contributed by atoms with Crippen LogP contribution in [-0.4, -0.2) is 31.7 Å². The molecule has 116 valence electrons. The largest absolute Gasteiger partial charge is 0.397 e. The molecule has 0 aliphatic heterocycles. The van der Waals surface area contributed by atoms with Gasteiger partial charge >= 0.3 is 0 Å². The van der Waals surface area contributed by atoms with Gasteiger partial charge in [-0.3, -0.25) is 0 Å². The number of aromatic nitrogens is 1. The van der Waals surface area contributed by atoms with E-state index in [1.807, 2.05) is 32.9 Å². The fourth-order valence-electron chi connectivity index (χ4n) is 2.11. The Kier molecular flexibility index (Phi) is 4.14. The second-order valence-corrected chi connectivity index (χ2v) is 8.73. The summed E-state index contributed by atoms with van der Waals surface area (Å²) < 4.78 is 26.3. The standard InChI is InChI=1S/C13H20N4O2S2/c1-8-16-11-6-10(9(14)5-12(11)20-8)15-7-13(2,3)17-21(4,18)19/h5-6,15,17H,7,14H2,1-4H3. The number of benzene rings is 1. The number of hydrogen-bond acceptors (Lipinski definition) is 6. The van der Waals surface area contributed by atoms with Crippen molar-refractivity contribution in [3.8, 4) is 0 Å². The van der Waals surface area contributed by atoms with Crippen molar-refractivity contribution in [2.45, 2.75) is 26.3 Å². The molecule has 2 aromatic rings. The molecule has 21 heavy (non-hydrogen) atoms. The minimum Gasteiger partial charge on any atom is -0.397 e. The summed E-state index contributed by atoms with van der Waals surface area (Å²) in [5, 5.41) is 4.18. The highest BCUT2D eigenvalue weighted by molar-refractivity contribution is 7.88. The van der Waals surface area contributed by atoms with Gasteiger partial charge in [0, 0.05) is 12.1 Å². The molecular weight excluding hydrogens is 308 g/mol. The van der Waals surface area contributed by atoms with Gasteiger partial charge in [0.05, 0.1) is 32.9 Å². The predicted molar refractivity (Wildman–Crippen MR) is 89.3 cm³/mol. The molecule has 0 bridgehead atoms. The van der Waals surface area contributed by atoms with E-state index in [4.69, 9.17) is 5.73 Å². The van der Waals surface area contributed by atoms with Crippen LogP contribution in [0.2, 0.25) is 0 Å². The lowest BCUT2D eigenvalue weighted by Crippen LogP contribution is -2.47. The lowest BCUT2D eigenvalue weighted by atomic mass is 10.1. The molecular formula is C13H20N4O2S2. The van der Waals surface area contributed by atoms with Crippen molar-refractivity contribution < 1.29 is 8.42 Å². The molecule has 0 saturated heterocycles. The number of thiazole rings is 1. The zero-order valence-corrected chi connectivity index (χ0v) is 14.2. The van der Waals surface area contributed by atoms with Gasteiger partial charge in [0.15, 0.2) is 0 Å². The molecule has 0 aliphatic rings. The van der Waals surface area contributed by atoms with Crippen LogP contribution in [0.15, 0.2) is 12.1 Å². The molecule has 0 aliphatic carbocycles. The highest BCUT2D eigenvalue weighted by atomic mass is 32.2. The summed E-state index contributed by atoms with van der Waals surface area (Å²) in [6.07, 6.45) is 1.15. The maximum atomic E-state index is 11.3. The lowest BCUT2D eigenvalue weighted by molar-refractivity contribution is 0.476. The number of nitrogens with two attached hydrogens (primary N) is 1. The molecule has 0 radical (unpaired) electrons. The number of nitrogens with one attached hydrogen (secondary N) is 2. The van der Waals surface area contributed by atoms with Gasteiger partial charge in [-0.2, -0.15) is 0 Å². The molecule has 6 nitrogen and oxygen atoms in total. The number of nitrogen functional groups attached to an aromatic ring is 1. The highest BCUT2D eigenvalue weighted by Crippen LogP contribution is 2.29. The topological polar surface area (TPSA) is 97.1 Å². The van der Waals surface area contributed by atoms with E-state index in [-0.39, 0.29) is 0 Å². The molecule has 4 N–H and O–H groups in total. The third kappa shape index (κ3) is 4.29. The number of sulfonamides is 1. The summed E-state index contributed by atoms with van der Waals surface area (Å²) in [5.41, 5.74) is 7.69. The van der Waals surface area contributed by atoms with Crippen molar-refractivity contribution >= 4 is 43.0 Å². The Morgan fingerprint density at radius 3 is 2.67 bits per heavy atom. The predicted octanol–water partition coefficient (Wildman–Crippen LogP) is 1.93. The van der Waals surface area contributed by atoms with E-state index in [2.05, 4.69) is 15.0 Å². The van der Waals surface area contributed by atoms with Gasteiger partial charge in [0.2, 0.25) is 10.0 Å². The summed E-state index contributed by atoms with van der Waals surface area (Å²) >= 11 is 1.60. The summed E-state index contributed by atoms with van der Waals surface area (Å²) in [6, 6.07) is 3.78. The minimum absolute atomic E-state index is 0.416. The molecule has 0 spiro atoms. The van der Waals surface area contributed by atoms with Crippen molar-refractivity contribution in [3.05, 3.63) is 17.1 Å². The summed E-state index contributed by atoms with van der Waals surface area (Å²) in [7, 11) is -3.26. The maximum absolute atomic E-state index is 11.3. The average molecular weight is 328 g/mol. The Bertz CT molecular complexity index is 766. The van der Waals surface area contributed by atoms with Gasteiger partial charge in [-0.05, 0) is 32.9 Å². The molecule has 0 amide bonds. The van der Waals surface area contributed by atoms with Crippen molar-refractivity contribution in [2.75, 3.05) is 23.9 Å². The molecule has 0 saturated carbocycles. The quantitative estimate of drug-likeness (QED) is 0.729. The Hall–Kier alpha value is -1.38. The first-order valence-electron chi connectivity index (χ1n) is 6.45. The number of hydrogen-bond donors (Lipinski definition) is 3. The third-order valence-electron chi connectivity index (χ3n) is 2.85. The first kappa shape index (κ1) is 16.0. The van der Waals surface area contributed by atoms with Crippen molar-refractivity contribution in [1.82, 2.24) is 9.71 Å². The zero-order valence-electron chi connectivity index (χ0n) is 12.5. The smallest absolute Gasteiger partial charge is 0.209 e. The van der Waals surface area contributed by atoms with E-state index in [1.165, 1.54) is 0 Å². The van der Waals surface area contributed by atoms with Crippen molar-refractivity contribution in [3.63, 3.8) is 0 Å². The maximum Gasteiger partial charge on any atom is 0.209 e. The average Bonchev–Trinajstić information content (AvgIpc) is 2.62. The van der Waals surface area contributed by atoms with Crippen LogP contribution in [0.4, 0.5) is 11.4 Å². The molecule has 2 rings (SSSR count). The Labute approximate surface area is 128 Å². The SMILES string of the molecule is Cc1nc2cc(NCC(C)(C)NS(C)(=O)=O)c(N)cc2s1. The van der Waals surface area contributed by atoms with Crippen LogP contribution in [0, 0.1) is 6.92 Å². The van der Waals surface area contributed by atoms with Gasteiger partial charge < -0.3 is 11.1 Å².